The van der Waals surface area contributed by atoms with Gasteiger partial charge in [0.1, 0.15) is 6.54 Å². The molecule has 1 rings (SSSR count). The van der Waals surface area contributed by atoms with Crippen molar-refractivity contribution < 1.29 is 14.7 Å². The number of carboxylic acids is 1. The van der Waals surface area contributed by atoms with Crippen LogP contribution in [-0.4, -0.2) is 35.0 Å². The summed E-state index contributed by atoms with van der Waals surface area (Å²) < 4.78 is 0. The number of rotatable bonds is 7. The van der Waals surface area contributed by atoms with Crippen molar-refractivity contribution in [3.8, 4) is 0 Å². The topological polar surface area (TPSA) is 57.6 Å². The van der Waals surface area contributed by atoms with Crippen LogP contribution in [0.2, 0.25) is 5.02 Å². The molecule has 0 bridgehead atoms. The minimum atomic E-state index is -0.976. The Morgan fingerprint density at radius 1 is 1.50 bits per heavy atom. The summed E-state index contributed by atoms with van der Waals surface area (Å²) in [5, 5.41) is 11.2. The molecule has 0 saturated carbocycles. The fourth-order valence-electron chi connectivity index (χ4n) is 1.60. The van der Waals surface area contributed by atoms with E-state index in [0.29, 0.717) is 24.4 Å². The molecular weight excluding hydrogens is 274 g/mol. The molecule has 0 fully saturated rings. The van der Waals surface area contributed by atoms with E-state index in [4.69, 9.17) is 16.7 Å². The fourth-order valence-corrected chi connectivity index (χ4v) is 2.68. The van der Waals surface area contributed by atoms with Gasteiger partial charge in [0, 0.05) is 23.2 Å². The molecule has 4 nitrogen and oxygen atoms in total. The molecule has 0 saturated heterocycles. The summed E-state index contributed by atoms with van der Waals surface area (Å²) in [6.07, 6.45) is 1.68. The zero-order valence-electron chi connectivity index (χ0n) is 10.2. The Bertz CT molecular complexity index is 419. The van der Waals surface area contributed by atoms with Gasteiger partial charge >= 0.3 is 5.97 Å². The number of hydrogen-bond donors (Lipinski definition) is 1. The number of aliphatic carboxylic acids is 1. The molecule has 0 aliphatic rings. The van der Waals surface area contributed by atoms with Gasteiger partial charge in [-0.15, -0.1) is 11.3 Å². The van der Waals surface area contributed by atoms with Crippen LogP contribution in [-0.2, 0) is 16.0 Å². The predicted molar refractivity (Wildman–Crippen MR) is 72.2 cm³/mol. The van der Waals surface area contributed by atoms with Crippen LogP contribution in [0.1, 0.15) is 24.6 Å². The molecule has 6 heteroatoms. The van der Waals surface area contributed by atoms with Crippen molar-refractivity contribution in [1.29, 1.82) is 0 Å². The highest BCUT2D eigenvalue weighted by Crippen LogP contribution is 2.20. The van der Waals surface area contributed by atoms with Crippen molar-refractivity contribution in [1.82, 2.24) is 4.90 Å². The van der Waals surface area contributed by atoms with E-state index in [-0.39, 0.29) is 12.5 Å². The number of carboxylic acid groups (broad SMARTS) is 1. The number of halogens is 1. The monoisotopic (exact) mass is 289 g/mol. The smallest absolute Gasteiger partial charge is 0.323 e. The lowest BCUT2D eigenvalue weighted by molar-refractivity contribution is -0.144. The molecule has 0 unspecified atom stereocenters. The lowest BCUT2D eigenvalue weighted by atomic mass is 10.2. The first-order chi connectivity index (χ1) is 8.52. The third-order valence-electron chi connectivity index (χ3n) is 2.38. The Morgan fingerprint density at radius 2 is 2.22 bits per heavy atom. The number of carbonyl (C=O) groups is 2. The summed E-state index contributed by atoms with van der Waals surface area (Å²) in [6.45, 7) is 2.18. The maximum Gasteiger partial charge on any atom is 0.323 e. The summed E-state index contributed by atoms with van der Waals surface area (Å²) in [6, 6.07) is 1.83. The maximum absolute atomic E-state index is 11.9. The molecule has 0 aliphatic carbocycles. The van der Waals surface area contributed by atoms with Gasteiger partial charge in [0.15, 0.2) is 0 Å². The Balaban J connectivity index is 2.48. The highest BCUT2D eigenvalue weighted by atomic mass is 35.5. The zero-order chi connectivity index (χ0) is 13.5. The van der Waals surface area contributed by atoms with Crippen molar-refractivity contribution >= 4 is 34.8 Å². The highest BCUT2D eigenvalue weighted by molar-refractivity contribution is 7.10. The largest absolute Gasteiger partial charge is 0.480 e. The SMILES string of the molecule is CCCN(CC(=O)O)C(=O)CCc1cc(Cl)cs1. The molecule has 1 aromatic rings. The standard InChI is InChI=1S/C12H16ClNO3S/c1-2-5-14(7-12(16)17)11(15)4-3-10-6-9(13)8-18-10/h6,8H,2-5,7H2,1H3,(H,16,17). The van der Waals surface area contributed by atoms with Crippen LogP contribution in [0.5, 0.6) is 0 Å². The minimum absolute atomic E-state index is 0.122. The van der Waals surface area contributed by atoms with Crippen LogP contribution < -0.4 is 0 Å². The lowest BCUT2D eigenvalue weighted by Crippen LogP contribution is -2.36. The van der Waals surface area contributed by atoms with Crippen molar-refractivity contribution in [2.45, 2.75) is 26.2 Å². The van der Waals surface area contributed by atoms with Gasteiger partial charge in [0.05, 0.1) is 5.02 Å². The van der Waals surface area contributed by atoms with Crippen LogP contribution in [0, 0.1) is 0 Å². The summed E-state index contributed by atoms with van der Waals surface area (Å²) in [5.74, 6) is -1.10. The molecule has 1 amide bonds. The average molecular weight is 290 g/mol. The van der Waals surface area contributed by atoms with Crippen molar-refractivity contribution in [2.24, 2.45) is 0 Å². The summed E-state index contributed by atoms with van der Waals surface area (Å²) >= 11 is 7.31. The maximum atomic E-state index is 11.9. The van der Waals surface area contributed by atoms with Crippen LogP contribution >= 0.6 is 22.9 Å². The second-order valence-electron chi connectivity index (χ2n) is 3.94. The number of aryl methyl sites for hydroxylation is 1. The van der Waals surface area contributed by atoms with Gasteiger partial charge < -0.3 is 10.0 Å². The van der Waals surface area contributed by atoms with Crippen LogP contribution in [0.15, 0.2) is 11.4 Å². The van der Waals surface area contributed by atoms with Gasteiger partial charge in [-0.1, -0.05) is 18.5 Å². The molecule has 100 valence electrons. The average Bonchev–Trinajstić information content (AvgIpc) is 2.71. The molecule has 0 aliphatic heterocycles. The first kappa shape index (κ1) is 15.0. The van der Waals surface area contributed by atoms with E-state index in [1.807, 2.05) is 18.4 Å². The van der Waals surface area contributed by atoms with E-state index in [0.717, 1.165) is 11.3 Å². The highest BCUT2D eigenvalue weighted by Gasteiger charge is 2.15. The normalized spacial score (nSPS) is 10.3. The minimum Gasteiger partial charge on any atom is -0.480 e. The number of nitrogens with zero attached hydrogens (tertiary/aromatic N) is 1. The van der Waals surface area contributed by atoms with Gasteiger partial charge in [0.25, 0.3) is 0 Å². The molecule has 0 aromatic carbocycles. The van der Waals surface area contributed by atoms with Gasteiger partial charge in [-0.05, 0) is 18.9 Å². The van der Waals surface area contributed by atoms with Gasteiger partial charge in [-0.2, -0.15) is 0 Å². The lowest BCUT2D eigenvalue weighted by Gasteiger charge is -2.19. The van der Waals surface area contributed by atoms with E-state index in [1.54, 1.807) is 0 Å². The molecule has 0 radical (unpaired) electrons. The molecule has 0 atom stereocenters. The number of hydrogen-bond acceptors (Lipinski definition) is 3. The molecular formula is C12H16ClNO3S. The Hall–Kier alpha value is -1.07. The van der Waals surface area contributed by atoms with Crippen LogP contribution in [0.4, 0.5) is 0 Å². The summed E-state index contributed by atoms with van der Waals surface area (Å²) in [5.41, 5.74) is 0. The molecule has 0 spiro atoms. The fraction of sp³-hybridized carbons (Fsp3) is 0.500. The third-order valence-corrected chi connectivity index (χ3v) is 3.72. The second kappa shape index (κ2) is 7.38. The van der Waals surface area contributed by atoms with E-state index in [9.17, 15) is 9.59 Å². The first-order valence-corrected chi connectivity index (χ1v) is 7.01. The second-order valence-corrected chi connectivity index (χ2v) is 5.37. The summed E-state index contributed by atoms with van der Waals surface area (Å²) in [7, 11) is 0. The van der Waals surface area contributed by atoms with E-state index in [2.05, 4.69) is 0 Å². The van der Waals surface area contributed by atoms with Crippen molar-refractivity contribution in [2.75, 3.05) is 13.1 Å². The van der Waals surface area contributed by atoms with E-state index >= 15 is 0 Å². The van der Waals surface area contributed by atoms with Crippen molar-refractivity contribution in [3.63, 3.8) is 0 Å². The number of thiophene rings is 1. The van der Waals surface area contributed by atoms with Gasteiger partial charge in [-0.25, -0.2) is 0 Å². The third kappa shape index (κ3) is 5.06. The molecule has 1 N–H and O–H groups in total. The molecule has 1 aromatic heterocycles. The number of amides is 1. The zero-order valence-corrected chi connectivity index (χ0v) is 11.8. The van der Waals surface area contributed by atoms with Gasteiger partial charge in [0.2, 0.25) is 5.91 Å². The predicted octanol–water partition coefficient (Wildman–Crippen LogP) is 2.66. The van der Waals surface area contributed by atoms with Gasteiger partial charge in [-0.3, -0.25) is 9.59 Å². The quantitative estimate of drug-likeness (QED) is 0.839. The molecule has 1 heterocycles. The Labute approximate surface area is 115 Å². The number of carbonyl (C=O) groups excluding carboxylic acids is 1. The summed E-state index contributed by atoms with van der Waals surface area (Å²) in [4.78, 5) is 25.0. The Morgan fingerprint density at radius 3 is 2.72 bits per heavy atom. The molecule has 18 heavy (non-hydrogen) atoms. The van der Waals surface area contributed by atoms with Crippen LogP contribution in [0.25, 0.3) is 0 Å². The van der Waals surface area contributed by atoms with Crippen LogP contribution in [0.3, 0.4) is 0 Å². The van der Waals surface area contributed by atoms with E-state index in [1.165, 1.54) is 16.2 Å². The van der Waals surface area contributed by atoms with E-state index < -0.39 is 5.97 Å². The first-order valence-electron chi connectivity index (χ1n) is 5.75. The Kier molecular flexibility index (Phi) is 6.15. The van der Waals surface area contributed by atoms with Crippen molar-refractivity contribution in [3.05, 3.63) is 21.3 Å².